The lowest BCUT2D eigenvalue weighted by Crippen LogP contribution is -2.13. The highest BCUT2D eigenvalue weighted by atomic mass is 16.3. The number of aromatic nitrogens is 3. The van der Waals surface area contributed by atoms with Crippen molar-refractivity contribution in [3.8, 4) is 0 Å². The van der Waals surface area contributed by atoms with Crippen LogP contribution in [0.2, 0.25) is 0 Å². The summed E-state index contributed by atoms with van der Waals surface area (Å²) < 4.78 is 1.64. The van der Waals surface area contributed by atoms with Crippen molar-refractivity contribution in [3.63, 3.8) is 0 Å². The summed E-state index contributed by atoms with van der Waals surface area (Å²) in [7, 11) is 0. The Hall–Kier alpha value is -1.46. The SMILES string of the molecule is Cc1ccc2nc(C(O)CN)nn2c1. The zero-order valence-electron chi connectivity index (χ0n) is 7.88. The Balaban J connectivity index is 2.51. The predicted octanol–water partition coefficient (Wildman–Crippen LogP) is 0.0298. The lowest BCUT2D eigenvalue weighted by molar-refractivity contribution is 0.177. The molecule has 2 heterocycles. The van der Waals surface area contributed by atoms with Gasteiger partial charge in [0.05, 0.1) is 0 Å². The lowest BCUT2D eigenvalue weighted by Gasteiger charge is -1.98. The minimum Gasteiger partial charge on any atom is -0.384 e. The van der Waals surface area contributed by atoms with Gasteiger partial charge in [0.15, 0.2) is 11.5 Å². The van der Waals surface area contributed by atoms with Gasteiger partial charge >= 0.3 is 0 Å². The second-order valence-electron chi connectivity index (χ2n) is 3.23. The Labute approximate surface area is 81.2 Å². The number of aliphatic hydroxyl groups excluding tert-OH is 1. The number of aliphatic hydroxyl groups is 1. The minimum atomic E-state index is -0.782. The molecule has 14 heavy (non-hydrogen) atoms. The molecular formula is C9H12N4O. The summed E-state index contributed by atoms with van der Waals surface area (Å²) in [6, 6.07) is 3.80. The third-order valence-corrected chi connectivity index (χ3v) is 2.02. The van der Waals surface area contributed by atoms with Crippen LogP contribution in [0.15, 0.2) is 18.3 Å². The van der Waals surface area contributed by atoms with Crippen LogP contribution in [0.25, 0.3) is 5.65 Å². The van der Waals surface area contributed by atoms with Crippen LogP contribution in [0.1, 0.15) is 17.5 Å². The summed E-state index contributed by atoms with van der Waals surface area (Å²) in [6.45, 7) is 2.11. The first kappa shape index (κ1) is 9.11. The Morgan fingerprint density at radius 3 is 3.07 bits per heavy atom. The van der Waals surface area contributed by atoms with Crippen LogP contribution in [-0.2, 0) is 0 Å². The number of pyridine rings is 1. The number of fused-ring (bicyclic) bond motifs is 1. The molecule has 0 spiro atoms. The van der Waals surface area contributed by atoms with E-state index < -0.39 is 6.10 Å². The van der Waals surface area contributed by atoms with Crippen molar-refractivity contribution in [3.05, 3.63) is 29.7 Å². The van der Waals surface area contributed by atoms with E-state index in [0.29, 0.717) is 5.82 Å². The van der Waals surface area contributed by atoms with Gasteiger partial charge in [0, 0.05) is 12.7 Å². The van der Waals surface area contributed by atoms with Crippen LogP contribution in [0, 0.1) is 6.92 Å². The fourth-order valence-electron chi connectivity index (χ4n) is 1.25. The van der Waals surface area contributed by atoms with Gasteiger partial charge in [-0.05, 0) is 18.6 Å². The van der Waals surface area contributed by atoms with Crippen molar-refractivity contribution in [2.75, 3.05) is 6.54 Å². The van der Waals surface area contributed by atoms with Crippen LogP contribution in [0.5, 0.6) is 0 Å². The summed E-state index contributed by atoms with van der Waals surface area (Å²) in [5.41, 5.74) is 7.13. The van der Waals surface area contributed by atoms with Crippen molar-refractivity contribution in [1.82, 2.24) is 14.6 Å². The predicted molar refractivity (Wildman–Crippen MR) is 51.7 cm³/mol. The van der Waals surface area contributed by atoms with Gasteiger partial charge in [-0.2, -0.15) is 0 Å². The van der Waals surface area contributed by atoms with Crippen molar-refractivity contribution in [2.45, 2.75) is 13.0 Å². The van der Waals surface area contributed by atoms with Gasteiger partial charge in [0.1, 0.15) is 6.10 Å². The van der Waals surface area contributed by atoms with Crippen LogP contribution in [0.4, 0.5) is 0 Å². The van der Waals surface area contributed by atoms with Crippen molar-refractivity contribution in [1.29, 1.82) is 0 Å². The molecule has 0 radical (unpaired) electrons. The largest absolute Gasteiger partial charge is 0.384 e. The number of hydrogen-bond donors (Lipinski definition) is 2. The molecule has 5 heteroatoms. The topological polar surface area (TPSA) is 76.4 Å². The zero-order chi connectivity index (χ0) is 10.1. The zero-order valence-corrected chi connectivity index (χ0v) is 7.88. The van der Waals surface area contributed by atoms with Gasteiger partial charge in [0.25, 0.3) is 0 Å². The molecule has 2 aromatic rings. The van der Waals surface area contributed by atoms with Crippen LogP contribution >= 0.6 is 0 Å². The highest BCUT2D eigenvalue weighted by Gasteiger charge is 2.11. The second-order valence-corrected chi connectivity index (χ2v) is 3.23. The number of nitrogens with zero attached hydrogens (tertiary/aromatic N) is 3. The quantitative estimate of drug-likeness (QED) is 0.703. The van der Waals surface area contributed by atoms with Crippen molar-refractivity contribution in [2.24, 2.45) is 5.73 Å². The van der Waals surface area contributed by atoms with Crippen molar-refractivity contribution >= 4 is 5.65 Å². The lowest BCUT2D eigenvalue weighted by atomic mass is 10.3. The maximum absolute atomic E-state index is 9.44. The molecule has 5 nitrogen and oxygen atoms in total. The Morgan fingerprint density at radius 2 is 2.36 bits per heavy atom. The highest BCUT2D eigenvalue weighted by molar-refractivity contribution is 5.38. The minimum absolute atomic E-state index is 0.135. The maximum Gasteiger partial charge on any atom is 0.181 e. The summed E-state index contributed by atoms with van der Waals surface area (Å²) in [5, 5.41) is 13.6. The smallest absolute Gasteiger partial charge is 0.181 e. The first-order valence-corrected chi connectivity index (χ1v) is 4.42. The van der Waals surface area contributed by atoms with Gasteiger partial charge in [0.2, 0.25) is 0 Å². The number of aryl methyl sites for hydroxylation is 1. The molecule has 0 aliphatic rings. The molecule has 0 fully saturated rings. The van der Waals surface area contributed by atoms with E-state index in [0.717, 1.165) is 11.2 Å². The van der Waals surface area contributed by atoms with Crippen LogP contribution < -0.4 is 5.73 Å². The molecule has 74 valence electrons. The fourth-order valence-corrected chi connectivity index (χ4v) is 1.25. The summed E-state index contributed by atoms with van der Waals surface area (Å²) in [6.07, 6.45) is 1.07. The Kier molecular flexibility index (Phi) is 2.18. The van der Waals surface area contributed by atoms with E-state index in [4.69, 9.17) is 5.73 Å². The number of nitrogens with two attached hydrogens (primary N) is 1. The van der Waals surface area contributed by atoms with E-state index in [1.807, 2.05) is 25.3 Å². The summed E-state index contributed by atoms with van der Waals surface area (Å²) in [5.74, 6) is 0.373. The molecule has 3 N–H and O–H groups in total. The highest BCUT2D eigenvalue weighted by Crippen LogP contribution is 2.09. The van der Waals surface area contributed by atoms with E-state index in [-0.39, 0.29) is 6.54 Å². The molecule has 2 aromatic heterocycles. The average Bonchev–Trinajstić information content (AvgIpc) is 2.59. The molecule has 0 aliphatic carbocycles. The van der Waals surface area contributed by atoms with Gasteiger partial charge < -0.3 is 10.8 Å². The van der Waals surface area contributed by atoms with E-state index in [1.54, 1.807) is 4.52 Å². The Morgan fingerprint density at radius 1 is 1.57 bits per heavy atom. The van der Waals surface area contributed by atoms with E-state index in [9.17, 15) is 5.11 Å². The Bertz CT molecular complexity index is 451. The normalized spacial score (nSPS) is 13.4. The molecule has 0 bridgehead atoms. The standard InChI is InChI=1S/C9H12N4O/c1-6-2-3-8-11-9(7(14)4-10)12-13(8)5-6/h2-3,5,7,14H,4,10H2,1H3. The third kappa shape index (κ3) is 1.47. The van der Waals surface area contributed by atoms with Gasteiger partial charge in [-0.15, -0.1) is 5.10 Å². The van der Waals surface area contributed by atoms with Crippen molar-refractivity contribution < 1.29 is 5.11 Å². The molecule has 0 saturated heterocycles. The van der Waals surface area contributed by atoms with E-state index in [2.05, 4.69) is 10.1 Å². The van der Waals surface area contributed by atoms with Gasteiger partial charge in [-0.25, -0.2) is 9.50 Å². The monoisotopic (exact) mass is 192 g/mol. The van der Waals surface area contributed by atoms with E-state index in [1.165, 1.54) is 0 Å². The molecule has 0 aliphatic heterocycles. The first-order chi connectivity index (χ1) is 6.70. The third-order valence-electron chi connectivity index (χ3n) is 2.02. The van der Waals surface area contributed by atoms with E-state index >= 15 is 0 Å². The fraction of sp³-hybridized carbons (Fsp3) is 0.333. The van der Waals surface area contributed by atoms with Gasteiger partial charge in [-0.1, -0.05) is 6.07 Å². The number of rotatable bonds is 2. The molecule has 2 rings (SSSR count). The maximum atomic E-state index is 9.44. The van der Waals surface area contributed by atoms with Crippen LogP contribution in [-0.4, -0.2) is 26.2 Å². The summed E-state index contributed by atoms with van der Waals surface area (Å²) >= 11 is 0. The molecule has 1 unspecified atom stereocenters. The molecule has 0 saturated carbocycles. The second kappa shape index (κ2) is 3.36. The average molecular weight is 192 g/mol. The van der Waals surface area contributed by atoms with Gasteiger partial charge in [-0.3, -0.25) is 0 Å². The molecular weight excluding hydrogens is 180 g/mol. The molecule has 1 atom stereocenters. The first-order valence-electron chi connectivity index (χ1n) is 4.42. The number of hydrogen-bond acceptors (Lipinski definition) is 4. The summed E-state index contributed by atoms with van der Waals surface area (Å²) in [4.78, 5) is 4.15. The molecule has 0 amide bonds. The van der Waals surface area contributed by atoms with Crippen LogP contribution in [0.3, 0.4) is 0 Å². The molecule has 0 aromatic carbocycles.